The van der Waals surface area contributed by atoms with Crippen LogP contribution in [-0.4, -0.2) is 38.7 Å². The Labute approximate surface area is 121 Å². The number of benzene rings is 1. The lowest BCUT2D eigenvalue weighted by atomic mass is 10.2. The van der Waals surface area contributed by atoms with E-state index in [9.17, 15) is 9.18 Å². The van der Waals surface area contributed by atoms with E-state index in [1.807, 2.05) is 6.92 Å². The van der Waals surface area contributed by atoms with Crippen LogP contribution in [0.3, 0.4) is 0 Å². The van der Waals surface area contributed by atoms with Gasteiger partial charge in [-0.1, -0.05) is 24.3 Å². The number of amides is 1. The number of hydrogen-bond donors (Lipinski definition) is 2. The van der Waals surface area contributed by atoms with Crippen molar-refractivity contribution in [3.8, 4) is 0 Å². The maximum Gasteiger partial charge on any atom is 0.273 e. The van der Waals surface area contributed by atoms with Crippen molar-refractivity contribution in [2.24, 2.45) is 0 Å². The van der Waals surface area contributed by atoms with Crippen LogP contribution in [0.5, 0.6) is 0 Å². The Morgan fingerprint density at radius 2 is 2.33 bits per heavy atom. The number of rotatable bonds is 6. The molecule has 0 bridgehead atoms. The molecule has 0 saturated carbocycles. The van der Waals surface area contributed by atoms with Gasteiger partial charge in [-0.25, -0.2) is 9.07 Å². The van der Waals surface area contributed by atoms with Gasteiger partial charge in [-0.05, 0) is 24.1 Å². The Morgan fingerprint density at radius 1 is 1.52 bits per heavy atom. The van der Waals surface area contributed by atoms with E-state index in [2.05, 4.69) is 15.6 Å². The zero-order valence-electron chi connectivity index (χ0n) is 11.7. The van der Waals surface area contributed by atoms with Crippen molar-refractivity contribution in [1.82, 2.24) is 20.3 Å². The lowest BCUT2D eigenvalue weighted by Gasteiger charge is -2.12. The van der Waals surface area contributed by atoms with Gasteiger partial charge in [0.2, 0.25) is 0 Å². The third-order valence-corrected chi connectivity index (χ3v) is 3.05. The minimum absolute atomic E-state index is 0.125. The molecule has 0 spiro atoms. The second-order valence-corrected chi connectivity index (χ2v) is 4.69. The molecule has 0 aliphatic carbocycles. The third kappa shape index (κ3) is 4.09. The number of aliphatic hydroxyl groups is 1. The van der Waals surface area contributed by atoms with Gasteiger partial charge >= 0.3 is 0 Å². The number of aromatic nitrogens is 3. The molecule has 1 unspecified atom stereocenters. The van der Waals surface area contributed by atoms with Crippen LogP contribution < -0.4 is 5.32 Å². The topological polar surface area (TPSA) is 80.0 Å². The van der Waals surface area contributed by atoms with Crippen LogP contribution in [0.25, 0.3) is 0 Å². The van der Waals surface area contributed by atoms with E-state index in [-0.39, 0.29) is 30.1 Å². The minimum atomic E-state index is -0.388. The molecule has 0 aliphatic heterocycles. The van der Waals surface area contributed by atoms with Crippen LogP contribution >= 0.6 is 0 Å². The highest BCUT2D eigenvalue weighted by molar-refractivity contribution is 5.92. The van der Waals surface area contributed by atoms with Crippen molar-refractivity contribution in [2.45, 2.75) is 25.9 Å². The standard InChI is InChI=1S/C14H17FN4O2/c1-2-12(9-20)16-14(21)13-8-19(18-17-13)7-10-4-3-5-11(15)6-10/h3-6,8,12,20H,2,7,9H2,1H3,(H,16,21). The first-order valence-electron chi connectivity index (χ1n) is 6.68. The first kappa shape index (κ1) is 15.1. The summed E-state index contributed by atoms with van der Waals surface area (Å²) in [5, 5.41) is 19.3. The molecule has 1 amide bonds. The summed E-state index contributed by atoms with van der Waals surface area (Å²) >= 11 is 0. The number of carbonyl (C=O) groups is 1. The smallest absolute Gasteiger partial charge is 0.273 e. The number of aliphatic hydroxyl groups excluding tert-OH is 1. The highest BCUT2D eigenvalue weighted by Gasteiger charge is 2.14. The fourth-order valence-corrected chi connectivity index (χ4v) is 1.84. The number of hydrogen-bond acceptors (Lipinski definition) is 4. The van der Waals surface area contributed by atoms with Crippen molar-refractivity contribution in [1.29, 1.82) is 0 Å². The third-order valence-electron chi connectivity index (χ3n) is 3.05. The summed E-state index contributed by atoms with van der Waals surface area (Å²) in [4.78, 5) is 11.9. The van der Waals surface area contributed by atoms with E-state index < -0.39 is 0 Å². The molecule has 2 aromatic rings. The Bertz CT molecular complexity index is 611. The minimum Gasteiger partial charge on any atom is -0.394 e. The van der Waals surface area contributed by atoms with E-state index in [4.69, 9.17) is 5.11 Å². The predicted octanol–water partition coefficient (Wildman–Crippen LogP) is 0.966. The van der Waals surface area contributed by atoms with Crippen molar-refractivity contribution in [2.75, 3.05) is 6.61 Å². The fraction of sp³-hybridized carbons (Fsp3) is 0.357. The molecule has 0 radical (unpaired) electrons. The van der Waals surface area contributed by atoms with Gasteiger partial charge < -0.3 is 10.4 Å². The average Bonchev–Trinajstić information content (AvgIpc) is 2.93. The summed E-state index contributed by atoms with van der Waals surface area (Å²) in [6, 6.07) is 5.85. The van der Waals surface area contributed by atoms with Crippen molar-refractivity contribution < 1.29 is 14.3 Å². The molecule has 2 N–H and O–H groups in total. The molecule has 1 aromatic heterocycles. The maximum atomic E-state index is 13.1. The summed E-state index contributed by atoms with van der Waals surface area (Å²) in [5.41, 5.74) is 0.895. The number of carbonyl (C=O) groups excluding carboxylic acids is 1. The molecule has 0 fully saturated rings. The van der Waals surface area contributed by atoms with E-state index in [0.29, 0.717) is 13.0 Å². The van der Waals surface area contributed by atoms with Crippen LogP contribution in [0, 0.1) is 5.82 Å². The van der Waals surface area contributed by atoms with Crippen molar-refractivity contribution in [3.05, 3.63) is 47.5 Å². The maximum absolute atomic E-state index is 13.1. The molecule has 2 rings (SSSR count). The molecule has 6 nitrogen and oxygen atoms in total. The summed E-state index contributed by atoms with van der Waals surface area (Å²) in [5.74, 6) is -0.708. The van der Waals surface area contributed by atoms with Crippen LogP contribution in [0.15, 0.2) is 30.5 Å². The summed E-state index contributed by atoms with van der Waals surface area (Å²) in [6.07, 6.45) is 2.12. The van der Waals surface area contributed by atoms with E-state index >= 15 is 0 Å². The zero-order chi connectivity index (χ0) is 15.2. The summed E-state index contributed by atoms with van der Waals surface area (Å²) in [7, 11) is 0. The van der Waals surface area contributed by atoms with E-state index in [1.165, 1.54) is 23.0 Å². The van der Waals surface area contributed by atoms with Gasteiger partial charge in [0, 0.05) is 0 Å². The number of nitrogens with one attached hydrogen (secondary N) is 1. The van der Waals surface area contributed by atoms with E-state index in [1.54, 1.807) is 12.1 Å². The predicted molar refractivity (Wildman–Crippen MR) is 74.2 cm³/mol. The molecule has 1 aromatic carbocycles. The molecule has 1 atom stereocenters. The quantitative estimate of drug-likeness (QED) is 0.831. The van der Waals surface area contributed by atoms with Crippen LogP contribution in [0.2, 0.25) is 0 Å². The number of halogens is 1. The Kier molecular flexibility index (Phi) is 4.99. The average molecular weight is 292 g/mol. The summed E-state index contributed by atoms with van der Waals surface area (Å²) < 4.78 is 14.6. The van der Waals surface area contributed by atoms with E-state index in [0.717, 1.165) is 5.56 Å². The molecule has 7 heteroatoms. The fourth-order valence-electron chi connectivity index (χ4n) is 1.84. The highest BCUT2D eigenvalue weighted by Crippen LogP contribution is 2.06. The molecule has 0 aliphatic rings. The lowest BCUT2D eigenvalue weighted by molar-refractivity contribution is 0.0910. The monoisotopic (exact) mass is 292 g/mol. The Balaban J connectivity index is 2.02. The largest absolute Gasteiger partial charge is 0.394 e. The Morgan fingerprint density at radius 3 is 3.00 bits per heavy atom. The lowest BCUT2D eigenvalue weighted by Crippen LogP contribution is -2.37. The Hall–Kier alpha value is -2.28. The summed E-state index contributed by atoms with van der Waals surface area (Å²) in [6.45, 7) is 2.07. The first-order chi connectivity index (χ1) is 10.1. The molecule has 1 heterocycles. The molecule has 112 valence electrons. The second kappa shape index (κ2) is 6.94. The van der Waals surface area contributed by atoms with Crippen LogP contribution in [-0.2, 0) is 6.54 Å². The van der Waals surface area contributed by atoms with Crippen molar-refractivity contribution in [3.63, 3.8) is 0 Å². The zero-order valence-corrected chi connectivity index (χ0v) is 11.7. The molecule has 0 saturated heterocycles. The van der Waals surface area contributed by atoms with Gasteiger partial charge in [0.05, 0.1) is 25.4 Å². The van der Waals surface area contributed by atoms with Crippen LogP contribution in [0.1, 0.15) is 29.4 Å². The van der Waals surface area contributed by atoms with Crippen molar-refractivity contribution >= 4 is 5.91 Å². The van der Waals surface area contributed by atoms with Gasteiger partial charge in [-0.3, -0.25) is 4.79 Å². The molecule has 21 heavy (non-hydrogen) atoms. The SMILES string of the molecule is CCC(CO)NC(=O)c1cn(Cc2cccc(F)c2)nn1. The molecular weight excluding hydrogens is 275 g/mol. The van der Waals surface area contributed by atoms with Gasteiger partial charge in [-0.2, -0.15) is 0 Å². The van der Waals surface area contributed by atoms with Gasteiger partial charge in [-0.15, -0.1) is 5.10 Å². The first-order valence-corrected chi connectivity index (χ1v) is 6.68. The second-order valence-electron chi connectivity index (χ2n) is 4.69. The normalized spacial score (nSPS) is 12.1. The van der Waals surface area contributed by atoms with Gasteiger partial charge in [0.15, 0.2) is 5.69 Å². The van der Waals surface area contributed by atoms with Gasteiger partial charge in [0.1, 0.15) is 5.82 Å². The molecular formula is C14H17FN4O2. The number of nitrogens with zero attached hydrogens (tertiary/aromatic N) is 3. The van der Waals surface area contributed by atoms with Gasteiger partial charge in [0.25, 0.3) is 5.91 Å². The highest BCUT2D eigenvalue weighted by atomic mass is 19.1. The van der Waals surface area contributed by atoms with Crippen LogP contribution in [0.4, 0.5) is 4.39 Å².